The molecule has 0 amide bonds. The van der Waals surface area contributed by atoms with Crippen molar-refractivity contribution in [2.75, 3.05) is 0 Å². The van der Waals surface area contributed by atoms with Crippen LogP contribution in [0.1, 0.15) is 90.3 Å². The molecular weight excluding hydrogens is 542 g/mol. The van der Waals surface area contributed by atoms with Crippen LogP contribution in [0.2, 0.25) is 0 Å². The van der Waals surface area contributed by atoms with Gasteiger partial charge >= 0.3 is 0 Å². The molecule has 4 aromatic carbocycles. The number of pyridine rings is 1. The standard InChI is InChI=1S/C44H46N/c1-7-28(8-2)32-24-33(29(9-3)10-4)27-44(26-32)37-23-22-31-18-14-20-36-40(31)41(37)42-38(43(36,5)6)25-35-34(30-16-12-11-13-17-30)19-15-21-39(35)45(42)44/h11-26,28-29H,7-10,27H2,1-6H3/q+1. The summed E-state index contributed by atoms with van der Waals surface area (Å²) in [4.78, 5) is 0. The fourth-order valence-electron chi connectivity index (χ4n) is 9.46. The van der Waals surface area contributed by atoms with Crippen molar-refractivity contribution in [3.63, 3.8) is 0 Å². The summed E-state index contributed by atoms with van der Waals surface area (Å²) in [6.45, 7) is 14.4. The first-order valence-corrected chi connectivity index (χ1v) is 17.5. The van der Waals surface area contributed by atoms with Gasteiger partial charge in [-0.05, 0) is 77.3 Å². The average Bonchev–Trinajstić information content (AvgIpc) is 3.34. The number of rotatable bonds is 7. The van der Waals surface area contributed by atoms with E-state index in [9.17, 15) is 0 Å². The molecule has 8 rings (SSSR count). The van der Waals surface area contributed by atoms with Crippen molar-refractivity contribution in [3.05, 3.63) is 125 Å². The Morgan fingerprint density at radius 1 is 0.711 bits per heavy atom. The fourth-order valence-corrected chi connectivity index (χ4v) is 9.46. The molecule has 0 radical (unpaired) electrons. The van der Waals surface area contributed by atoms with Crippen molar-refractivity contribution in [3.8, 4) is 22.4 Å². The highest BCUT2D eigenvalue weighted by Crippen LogP contribution is 2.57. The van der Waals surface area contributed by atoms with Crippen LogP contribution in [0.4, 0.5) is 0 Å². The van der Waals surface area contributed by atoms with Gasteiger partial charge in [0.15, 0.2) is 0 Å². The molecular formula is C44H46N+. The number of aromatic nitrogens is 1. The molecule has 226 valence electrons. The number of fused-ring (bicyclic) bond motifs is 4. The van der Waals surface area contributed by atoms with E-state index in [4.69, 9.17) is 0 Å². The molecule has 1 unspecified atom stereocenters. The van der Waals surface area contributed by atoms with E-state index in [-0.39, 0.29) is 11.0 Å². The lowest BCUT2D eigenvalue weighted by Gasteiger charge is -2.34. The second-order valence-electron chi connectivity index (χ2n) is 14.4. The highest BCUT2D eigenvalue weighted by atomic mass is 15.1. The van der Waals surface area contributed by atoms with E-state index in [1.54, 1.807) is 11.1 Å². The average molecular weight is 589 g/mol. The summed E-state index contributed by atoms with van der Waals surface area (Å²) in [5.41, 5.74) is 14.1. The molecule has 1 aliphatic heterocycles. The summed E-state index contributed by atoms with van der Waals surface area (Å²) >= 11 is 0. The zero-order valence-corrected chi connectivity index (χ0v) is 27.9. The molecule has 0 saturated carbocycles. The van der Waals surface area contributed by atoms with Gasteiger partial charge in [0, 0.05) is 34.4 Å². The Bertz CT molecular complexity index is 2050. The largest absolute Gasteiger partial charge is 0.219 e. The molecule has 0 bridgehead atoms. The number of hydrogen-bond donors (Lipinski definition) is 0. The second kappa shape index (κ2) is 10.3. The van der Waals surface area contributed by atoms with Crippen LogP contribution in [-0.4, -0.2) is 0 Å². The van der Waals surface area contributed by atoms with Crippen molar-refractivity contribution < 1.29 is 4.57 Å². The monoisotopic (exact) mass is 588 g/mol. The van der Waals surface area contributed by atoms with Crippen LogP contribution >= 0.6 is 0 Å². The first kappa shape index (κ1) is 28.5. The normalized spacial score (nSPS) is 19.2. The minimum Gasteiger partial charge on any atom is -0.177 e. The Morgan fingerprint density at radius 3 is 2.18 bits per heavy atom. The highest BCUT2D eigenvalue weighted by Gasteiger charge is 2.57. The molecule has 2 aliphatic carbocycles. The van der Waals surface area contributed by atoms with Crippen LogP contribution in [0, 0.1) is 11.8 Å². The third-order valence-electron chi connectivity index (χ3n) is 11.9. The lowest BCUT2D eigenvalue weighted by atomic mass is 9.68. The number of allylic oxidation sites excluding steroid dienone is 4. The quantitative estimate of drug-likeness (QED) is 0.167. The summed E-state index contributed by atoms with van der Waals surface area (Å²) in [5.74, 6) is 1.16. The zero-order valence-electron chi connectivity index (χ0n) is 27.9. The Kier molecular flexibility index (Phi) is 6.51. The predicted octanol–water partition coefficient (Wildman–Crippen LogP) is 11.4. The molecule has 1 atom stereocenters. The van der Waals surface area contributed by atoms with Crippen molar-refractivity contribution in [1.82, 2.24) is 0 Å². The van der Waals surface area contributed by atoms with Gasteiger partial charge in [-0.3, -0.25) is 0 Å². The van der Waals surface area contributed by atoms with E-state index in [1.165, 1.54) is 86.4 Å². The van der Waals surface area contributed by atoms with Crippen LogP contribution in [0.25, 0.3) is 44.1 Å². The molecule has 1 heteroatoms. The molecule has 5 aromatic rings. The summed E-state index contributed by atoms with van der Waals surface area (Å²) < 4.78 is 2.84. The smallest absolute Gasteiger partial charge is 0.177 e. The molecule has 1 aromatic heterocycles. The van der Waals surface area contributed by atoms with E-state index in [2.05, 4.69) is 143 Å². The van der Waals surface area contributed by atoms with Crippen molar-refractivity contribution in [1.29, 1.82) is 0 Å². The van der Waals surface area contributed by atoms with Crippen molar-refractivity contribution >= 4 is 21.7 Å². The number of hydrogen-bond acceptors (Lipinski definition) is 0. The second-order valence-corrected chi connectivity index (χ2v) is 14.4. The minimum absolute atomic E-state index is 0.129. The molecule has 2 heterocycles. The minimum atomic E-state index is -0.263. The third-order valence-corrected chi connectivity index (χ3v) is 11.9. The van der Waals surface area contributed by atoms with E-state index < -0.39 is 0 Å². The molecule has 0 fully saturated rings. The van der Waals surface area contributed by atoms with Crippen LogP contribution in [0.15, 0.2) is 108 Å². The fraction of sp³-hybridized carbons (Fsp3) is 0.341. The summed E-state index contributed by atoms with van der Waals surface area (Å²) in [5, 5.41) is 4.18. The summed E-state index contributed by atoms with van der Waals surface area (Å²) in [6.07, 6.45) is 11.1. The number of nitrogens with zero attached hydrogens (tertiary/aromatic N) is 1. The maximum atomic E-state index is 2.84. The maximum absolute atomic E-state index is 2.84. The van der Waals surface area contributed by atoms with E-state index in [1.807, 2.05) is 0 Å². The van der Waals surface area contributed by atoms with E-state index in [0.29, 0.717) is 11.8 Å². The Morgan fingerprint density at radius 2 is 1.44 bits per heavy atom. The molecule has 1 spiro atoms. The van der Waals surface area contributed by atoms with Gasteiger partial charge in [0.05, 0.1) is 10.9 Å². The van der Waals surface area contributed by atoms with Gasteiger partial charge in [0.2, 0.25) is 16.7 Å². The topological polar surface area (TPSA) is 3.88 Å². The van der Waals surface area contributed by atoms with Crippen LogP contribution in [0.3, 0.4) is 0 Å². The highest BCUT2D eigenvalue weighted by molar-refractivity contribution is 6.06. The summed E-state index contributed by atoms with van der Waals surface area (Å²) in [6, 6.07) is 32.5. The number of benzene rings is 4. The van der Waals surface area contributed by atoms with Crippen molar-refractivity contribution in [2.24, 2.45) is 11.8 Å². The third kappa shape index (κ3) is 3.82. The van der Waals surface area contributed by atoms with Gasteiger partial charge in [-0.15, -0.1) is 0 Å². The first-order valence-electron chi connectivity index (χ1n) is 17.5. The summed E-state index contributed by atoms with van der Waals surface area (Å²) in [7, 11) is 0. The Balaban J connectivity index is 1.57. The Labute approximate surface area is 269 Å². The van der Waals surface area contributed by atoms with Gasteiger partial charge in [-0.2, -0.15) is 4.57 Å². The van der Waals surface area contributed by atoms with Gasteiger partial charge in [-0.1, -0.05) is 126 Å². The first-order chi connectivity index (χ1) is 21.9. The molecule has 3 aliphatic rings. The molecule has 0 saturated heterocycles. The Hall–Kier alpha value is -3.97. The predicted molar refractivity (Wildman–Crippen MR) is 191 cm³/mol. The van der Waals surface area contributed by atoms with Crippen molar-refractivity contribution in [2.45, 2.75) is 84.6 Å². The molecule has 1 nitrogen and oxygen atoms in total. The van der Waals surface area contributed by atoms with Gasteiger partial charge in [0.25, 0.3) is 0 Å². The van der Waals surface area contributed by atoms with Crippen LogP contribution < -0.4 is 4.57 Å². The van der Waals surface area contributed by atoms with Crippen LogP contribution in [0.5, 0.6) is 0 Å². The van der Waals surface area contributed by atoms with Crippen LogP contribution in [-0.2, 0) is 11.0 Å². The lowest BCUT2D eigenvalue weighted by Crippen LogP contribution is -2.56. The molecule has 45 heavy (non-hydrogen) atoms. The van der Waals surface area contributed by atoms with Gasteiger partial charge < -0.3 is 0 Å². The van der Waals surface area contributed by atoms with Gasteiger partial charge in [-0.25, -0.2) is 0 Å². The lowest BCUT2D eigenvalue weighted by molar-refractivity contribution is -0.703. The maximum Gasteiger partial charge on any atom is 0.219 e. The van der Waals surface area contributed by atoms with E-state index >= 15 is 0 Å². The SMILES string of the molecule is CCC(CC)C1=CC2(CC(C(CC)CC)=C1)c1ccc3cccc4c3c1-c1c(cc3c(-c5ccccc5)cccc3[n+]12)C4(C)C. The molecule has 0 N–H and O–H groups in total. The van der Waals surface area contributed by atoms with E-state index in [0.717, 1.165) is 6.42 Å². The van der Waals surface area contributed by atoms with Gasteiger partial charge in [0.1, 0.15) is 0 Å². The zero-order chi connectivity index (χ0) is 31.1.